The Morgan fingerprint density at radius 3 is 2.50 bits per heavy atom. The Morgan fingerprint density at radius 2 is 2.06 bits per heavy atom. The van der Waals surface area contributed by atoms with Gasteiger partial charge in [-0.2, -0.15) is 5.10 Å². The van der Waals surface area contributed by atoms with Crippen molar-refractivity contribution in [3.8, 4) is 11.1 Å². The highest BCUT2D eigenvalue weighted by Gasteiger charge is 2.22. The second-order valence-corrected chi connectivity index (χ2v) is 5.59. The van der Waals surface area contributed by atoms with Gasteiger partial charge in [0.25, 0.3) is 0 Å². The van der Waals surface area contributed by atoms with Crippen LogP contribution in [0.3, 0.4) is 0 Å². The predicted molar refractivity (Wildman–Crippen MR) is 74.9 cm³/mol. The van der Waals surface area contributed by atoms with E-state index in [1.54, 1.807) is 24.0 Å². The molecule has 5 heteroatoms. The zero-order chi connectivity index (χ0) is 13.5. The molecule has 0 saturated heterocycles. The fraction of sp³-hybridized carbons (Fsp3) is 0.308. The van der Waals surface area contributed by atoms with Gasteiger partial charge in [0.05, 0.1) is 6.20 Å². The summed E-state index contributed by atoms with van der Waals surface area (Å²) < 4.78 is 16.3. The van der Waals surface area contributed by atoms with Crippen molar-refractivity contribution in [2.24, 2.45) is 7.05 Å². The van der Waals surface area contributed by atoms with Gasteiger partial charge < -0.3 is 5.73 Å². The van der Waals surface area contributed by atoms with Crippen molar-refractivity contribution in [1.29, 1.82) is 0 Å². The maximum atomic E-state index is 13.9. The van der Waals surface area contributed by atoms with E-state index in [0.717, 1.165) is 15.6 Å². The van der Waals surface area contributed by atoms with Crippen LogP contribution < -0.4 is 5.73 Å². The molecule has 2 N–H and O–H groups in total. The zero-order valence-electron chi connectivity index (χ0n) is 10.5. The summed E-state index contributed by atoms with van der Waals surface area (Å²) in [6.07, 6.45) is 1.71. The minimum absolute atomic E-state index is 0.592. The third-order valence-electron chi connectivity index (χ3n) is 2.91. The van der Waals surface area contributed by atoms with Crippen LogP contribution in [-0.4, -0.2) is 9.78 Å². The lowest BCUT2D eigenvalue weighted by atomic mass is 9.97. The topological polar surface area (TPSA) is 43.8 Å². The SMILES string of the molecule is Cn1ncc(-c2ccc(C(C)(C)F)c(Br)c2)c1N. The third-order valence-corrected chi connectivity index (χ3v) is 3.56. The molecule has 1 aromatic heterocycles. The Kier molecular flexibility index (Phi) is 3.19. The maximum absolute atomic E-state index is 13.9. The average Bonchev–Trinajstić information content (AvgIpc) is 2.58. The van der Waals surface area contributed by atoms with Crippen LogP contribution in [-0.2, 0) is 12.7 Å². The van der Waals surface area contributed by atoms with Gasteiger partial charge >= 0.3 is 0 Å². The largest absolute Gasteiger partial charge is 0.383 e. The van der Waals surface area contributed by atoms with E-state index in [-0.39, 0.29) is 0 Å². The fourth-order valence-electron chi connectivity index (χ4n) is 1.83. The first-order valence-electron chi connectivity index (χ1n) is 5.57. The van der Waals surface area contributed by atoms with E-state index in [9.17, 15) is 4.39 Å². The van der Waals surface area contributed by atoms with Crippen LogP contribution in [0.5, 0.6) is 0 Å². The van der Waals surface area contributed by atoms with Crippen molar-refractivity contribution >= 4 is 21.7 Å². The van der Waals surface area contributed by atoms with Gasteiger partial charge in [-0.15, -0.1) is 0 Å². The number of rotatable bonds is 2. The molecule has 0 unspecified atom stereocenters. The number of nitrogens with zero attached hydrogens (tertiary/aromatic N) is 2. The number of hydrogen-bond donors (Lipinski definition) is 1. The summed E-state index contributed by atoms with van der Waals surface area (Å²) in [5.41, 5.74) is 6.93. The quantitative estimate of drug-likeness (QED) is 0.920. The van der Waals surface area contributed by atoms with Crippen LogP contribution in [0.25, 0.3) is 11.1 Å². The minimum atomic E-state index is -1.38. The van der Waals surface area contributed by atoms with E-state index in [4.69, 9.17) is 5.73 Å². The van der Waals surface area contributed by atoms with Crippen molar-refractivity contribution < 1.29 is 4.39 Å². The van der Waals surface area contributed by atoms with Gasteiger partial charge in [-0.05, 0) is 25.5 Å². The maximum Gasteiger partial charge on any atom is 0.131 e. The van der Waals surface area contributed by atoms with E-state index in [1.807, 2.05) is 12.1 Å². The standard InChI is InChI=1S/C13H15BrFN3/c1-13(2,15)10-5-4-8(6-11(10)14)9-7-17-18(3)12(9)16/h4-7H,16H2,1-3H3. The molecule has 0 aliphatic rings. The van der Waals surface area contributed by atoms with Crippen LogP contribution in [0.4, 0.5) is 10.2 Å². The number of halogens is 2. The average molecular weight is 312 g/mol. The van der Waals surface area contributed by atoms with E-state index in [2.05, 4.69) is 21.0 Å². The van der Waals surface area contributed by atoms with Gasteiger partial charge in [0.15, 0.2) is 0 Å². The van der Waals surface area contributed by atoms with Gasteiger partial charge in [0, 0.05) is 22.6 Å². The molecule has 1 aromatic carbocycles. The molecular formula is C13H15BrFN3. The van der Waals surface area contributed by atoms with E-state index < -0.39 is 5.67 Å². The molecule has 0 fully saturated rings. The van der Waals surface area contributed by atoms with Crippen molar-refractivity contribution in [3.05, 3.63) is 34.4 Å². The molecule has 2 rings (SSSR count). The molecule has 0 atom stereocenters. The summed E-state index contributed by atoms with van der Waals surface area (Å²) in [7, 11) is 1.78. The highest BCUT2D eigenvalue weighted by Crippen LogP contribution is 2.35. The Hall–Kier alpha value is -1.36. The molecule has 0 amide bonds. The first-order chi connectivity index (χ1) is 8.30. The van der Waals surface area contributed by atoms with Crippen LogP contribution >= 0.6 is 15.9 Å². The monoisotopic (exact) mass is 311 g/mol. The molecular weight excluding hydrogens is 297 g/mol. The van der Waals surface area contributed by atoms with Gasteiger partial charge in [-0.1, -0.05) is 28.1 Å². The van der Waals surface area contributed by atoms with Crippen LogP contribution in [0, 0.1) is 0 Å². The Morgan fingerprint density at radius 1 is 1.39 bits per heavy atom. The summed E-state index contributed by atoms with van der Waals surface area (Å²) >= 11 is 3.40. The van der Waals surface area contributed by atoms with Gasteiger partial charge in [-0.25, -0.2) is 4.39 Å². The number of nitrogen functional groups attached to an aromatic ring is 1. The highest BCUT2D eigenvalue weighted by atomic mass is 79.9. The summed E-state index contributed by atoms with van der Waals surface area (Å²) in [5.74, 6) is 0.592. The Bertz CT molecular complexity index is 584. The molecule has 0 spiro atoms. The van der Waals surface area contributed by atoms with E-state index in [1.165, 1.54) is 13.8 Å². The van der Waals surface area contributed by atoms with Gasteiger partial charge in [-0.3, -0.25) is 4.68 Å². The fourth-order valence-corrected chi connectivity index (χ4v) is 2.68. The molecule has 0 radical (unpaired) electrons. The molecule has 3 nitrogen and oxygen atoms in total. The predicted octanol–water partition coefficient (Wildman–Crippen LogP) is 3.64. The molecule has 96 valence electrons. The third kappa shape index (κ3) is 2.27. The molecule has 0 bridgehead atoms. The first kappa shape index (κ1) is 13.1. The van der Waals surface area contributed by atoms with Gasteiger partial charge in [0.2, 0.25) is 0 Å². The number of benzene rings is 1. The summed E-state index contributed by atoms with van der Waals surface area (Å²) in [4.78, 5) is 0. The number of aryl methyl sites for hydroxylation is 1. The molecule has 2 aromatic rings. The van der Waals surface area contributed by atoms with Crippen LogP contribution in [0.2, 0.25) is 0 Å². The number of anilines is 1. The van der Waals surface area contributed by atoms with E-state index in [0.29, 0.717) is 11.4 Å². The van der Waals surface area contributed by atoms with Crippen molar-refractivity contribution in [1.82, 2.24) is 9.78 Å². The number of nitrogens with two attached hydrogens (primary N) is 1. The van der Waals surface area contributed by atoms with Crippen molar-refractivity contribution in [2.45, 2.75) is 19.5 Å². The zero-order valence-corrected chi connectivity index (χ0v) is 12.1. The normalized spacial score (nSPS) is 11.8. The minimum Gasteiger partial charge on any atom is -0.383 e. The second-order valence-electron chi connectivity index (χ2n) is 4.73. The number of alkyl halides is 1. The molecule has 18 heavy (non-hydrogen) atoms. The van der Waals surface area contributed by atoms with Crippen molar-refractivity contribution in [3.63, 3.8) is 0 Å². The summed E-state index contributed by atoms with van der Waals surface area (Å²) in [5, 5.41) is 4.10. The summed E-state index contributed by atoms with van der Waals surface area (Å²) in [6, 6.07) is 5.49. The highest BCUT2D eigenvalue weighted by molar-refractivity contribution is 9.10. The molecule has 0 saturated carbocycles. The summed E-state index contributed by atoms with van der Waals surface area (Å²) in [6.45, 7) is 3.07. The smallest absolute Gasteiger partial charge is 0.131 e. The lowest BCUT2D eigenvalue weighted by Gasteiger charge is -2.17. The van der Waals surface area contributed by atoms with Crippen LogP contribution in [0.1, 0.15) is 19.4 Å². The first-order valence-corrected chi connectivity index (χ1v) is 6.37. The van der Waals surface area contributed by atoms with E-state index >= 15 is 0 Å². The second kappa shape index (κ2) is 4.39. The van der Waals surface area contributed by atoms with Crippen molar-refractivity contribution in [2.75, 3.05) is 5.73 Å². The molecule has 0 aliphatic carbocycles. The molecule has 1 heterocycles. The molecule has 0 aliphatic heterocycles. The Labute approximate surface area is 114 Å². The Balaban J connectivity index is 2.50. The van der Waals surface area contributed by atoms with Gasteiger partial charge in [0.1, 0.15) is 11.5 Å². The number of aromatic nitrogens is 2. The lowest BCUT2D eigenvalue weighted by molar-refractivity contribution is 0.220. The van der Waals surface area contributed by atoms with Crippen LogP contribution in [0.15, 0.2) is 28.9 Å². The lowest BCUT2D eigenvalue weighted by Crippen LogP contribution is -2.09. The number of hydrogen-bond acceptors (Lipinski definition) is 2.